The summed E-state index contributed by atoms with van der Waals surface area (Å²) in [7, 11) is 2.46. The van der Waals surface area contributed by atoms with Crippen molar-refractivity contribution in [2.75, 3.05) is 27.3 Å². The van der Waals surface area contributed by atoms with E-state index in [2.05, 4.69) is 14.6 Å². The molecule has 124 valence electrons. The molecule has 2 rings (SSSR count). The minimum absolute atomic E-state index is 0.113. The number of nitrogens with zero attached hydrogens (tertiary/aromatic N) is 3. The summed E-state index contributed by atoms with van der Waals surface area (Å²) in [5, 5.41) is 5.89. The fraction of sp³-hybridized carbons (Fsp3) is 0.385. The van der Waals surface area contributed by atoms with Gasteiger partial charge in [-0.3, -0.25) is 14.5 Å². The van der Waals surface area contributed by atoms with Gasteiger partial charge in [0.2, 0.25) is 0 Å². The zero-order valence-electron chi connectivity index (χ0n) is 12.6. The average molecular weight is 341 g/mol. The van der Waals surface area contributed by atoms with E-state index < -0.39 is 17.7 Å². The molecular weight excluding hydrogens is 326 g/mol. The standard InChI is InChI=1S/C13H15N3O6S/c1-20-10(17)6-15(7-11(18)21-2)8-16-13(19)22-12(14-16)9-4-3-5-23-9/h3-5H,6-8H2,1-2H3. The lowest BCUT2D eigenvalue weighted by molar-refractivity contribution is -0.146. The van der Waals surface area contributed by atoms with Crippen LogP contribution < -0.4 is 5.76 Å². The highest BCUT2D eigenvalue weighted by atomic mass is 32.1. The Morgan fingerprint density at radius 2 is 1.96 bits per heavy atom. The third kappa shape index (κ3) is 4.50. The number of esters is 2. The molecule has 2 heterocycles. The maximum Gasteiger partial charge on any atom is 0.438 e. The quantitative estimate of drug-likeness (QED) is 0.657. The van der Waals surface area contributed by atoms with Crippen molar-refractivity contribution < 1.29 is 23.5 Å². The van der Waals surface area contributed by atoms with Gasteiger partial charge >= 0.3 is 17.7 Å². The lowest BCUT2D eigenvalue weighted by Gasteiger charge is -2.18. The van der Waals surface area contributed by atoms with Gasteiger partial charge in [0, 0.05) is 0 Å². The third-order valence-electron chi connectivity index (χ3n) is 2.83. The first-order valence-corrected chi connectivity index (χ1v) is 7.39. The second kappa shape index (κ2) is 7.70. The van der Waals surface area contributed by atoms with Crippen molar-refractivity contribution in [3.8, 4) is 10.8 Å². The van der Waals surface area contributed by atoms with E-state index in [1.54, 1.807) is 12.1 Å². The second-order valence-electron chi connectivity index (χ2n) is 4.43. The van der Waals surface area contributed by atoms with Crippen molar-refractivity contribution >= 4 is 23.3 Å². The third-order valence-corrected chi connectivity index (χ3v) is 3.69. The molecule has 9 nitrogen and oxygen atoms in total. The molecule has 0 unspecified atom stereocenters. The van der Waals surface area contributed by atoms with Gasteiger partial charge in [0.1, 0.15) is 6.67 Å². The molecule has 0 amide bonds. The Kier molecular flexibility index (Phi) is 5.66. The van der Waals surface area contributed by atoms with Gasteiger partial charge in [-0.05, 0) is 11.4 Å². The minimum atomic E-state index is -0.687. The van der Waals surface area contributed by atoms with Gasteiger partial charge in [-0.2, -0.15) is 4.68 Å². The maximum absolute atomic E-state index is 11.9. The first kappa shape index (κ1) is 16.9. The fourth-order valence-corrected chi connectivity index (χ4v) is 2.38. The van der Waals surface area contributed by atoms with Crippen LogP contribution in [0.4, 0.5) is 0 Å². The van der Waals surface area contributed by atoms with Crippen molar-refractivity contribution in [1.29, 1.82) is 0 Å². The Balaban J connectivity index is 2.16. The monoisotopic (exact) mass is 341 g/mol. The number of hydrogen-bond donors (Lipinski definition) is 0. The molecule has 0 bridgehead atoms. The minimum Gasteiger partial charge on any atom is -0.468 e. The molecule has 0 N–H and O–H groups in total. The molecule has 23 heavy (non-hydrogen) atoms. The first-order valence-electron chi connectivity index (χ1n) is 6.51. The van der Waals surface area contributed by atoms with Crippen molar-refractivity contribution in [2.45, 2.75) is 6.67 Å². The Bertz CT molecular complexity index is 702. The van der Waals surface area contributed by atoms with Crippen LogP contribution in [0.5, 0.6) is 0 Å². The number of hydrogen-bond acceptors (Lipinski definition) is 9. The van der Waals surface area contributed by atoms with Crippen LogP contribution in [-0.4, -0.2) is 53.9 Å². The van der Waals surface area contributed by atoms with E-state index in [9.17, 15) is 14.4 Å². The van der Waals surface area contributed by atoms with Crippen LogP contribution in [0.25, 0.3) is 10.8 Å². The summed E-state index contributed by atoms with van der Waals surface area (Å²) in [6, 6.07) is 3.57. The van der Waals surface area contributed by atoms with Crippen LogP contribution in [0.15, 0.2) is 26.7 Å². The number of carbonyl (C=O) groups excluding carboxylic acids is 2. The topological polar surface area (TPSA) is 104 Å². The summed E-state index contributed by atoms with van der Waals surface area (Å²) >= 11 is 1.38. The highest BCUT2D eigenvalue weighted by molar-refractivity contribution is 7.13. The van der Waals surface area contributed by atoms with Gasteiger partial charge in [-0.25, -0.2) is 4.79 Å². The van der Waals surface area contributed by atoms with E-state index in [1.165, 1.54) is 30.5 Å². The highest BCUT2D eigenvalue weighted by Gasteiger charge is 2.19. The number of methoxy groups -OCH3 is 2. The van der Waals surface area contributed by atoms with Gasteiger partial charge in [0.15, 0.2) is 0 Å². The summed E-state index contributed by atoms with van der Waals surface area (Å²) in [5.41, 5.74) is 0. The largest absolute Gasteiger partial charge is 0.468 e. The van der Waals surface area contributed by atoms with E-state index in [4.69, 9.17) is 4.42 Å². The summed E-state index contributed by atoms with van der Waals surface area (Å²) in [6.07, 6.45) is 0. The summed E-state index contributed by atoms with van der Waals surface area (Å²) in [6.45, 7) is -0.504. The lowest BCUT2D eigenvalue weighted by Crippen LogP contribution is -2.39. The molecule has 0 aromatic carbocycles. The zero-order chi connectivity index (χ0) is 16.8. The van der Waals surface area contributed by atoms with Gasteiger partial charge in [0.05, 0.1) is 32.2 Å². The van der Waals surface area contributed by atoms with Crippen LogP contribution in [0.3, 0.4) is 0 Å². The SMILES string of the molecule is COC(=O)CN(CC(=O)OC)Cn1nc(-c2cccs2)oc1=O. The molecule has 0 atom stereocenters. The maximum atomic E-state index is 11.9. The first-order chi connectivity index (χ1) is 11.0. The number of aromatic nitrogens is 2. The van der Waals surface area contributed by atoms with Crippen LogP contribution in [0.2, 0.25) is 0 Å². The van der Waals surface area contributed by atoms with Gasteiger partial charge in [-0.15, -0.1) is 16.4 Å². The number of carbonyl (C=O) groups is 2. The molecule has 0 radical (unpaired) electrons. The smallest absolute Gasteiger partial charge is 0.438 e. The number of thiophene rings is 1. The van der Waals surface area contributed by atoms with E-state index in [1.807, 2.05) is 5.38 Å². The zero-order valence-corrected chi connectivity index (χ0v) is 13.4. The fourth-order valence-electron chi connectivity index (χ4n) is 1.74. The molecule has 0 spiro atoms. The van der Waals surface area contributed by atoms with Crippen molar-refractivity contribution in [3.05, 3.63) is 28.1 Å². The van der Waals surface area contributed by atoms with Crippen LogP contribution in [0.1, 0.15) is 0 Å². The van der Waals surface area contributed by atoms with Gasteiger partial charge < -0.3 is 13.9 Å². The van der Waals surface area contributed by atoms with E-state index >= 15 is 0 Å². The van der Waals surface area contributed by atoms with E-state index in [0.717, 1.165) is 4.68 Å². The van der Waals surface area contributed by atoms with E-state index in [0.29, 0.717) is 4.88 Å². The molecule has 0 aliphatic rings. The second-order valence-corrected chi connectivity index (χ2v) is 5.38. The molecule has 0 saturated heterocycles. The normalized spacial score (nSPS) is 10.7. The predicted octanol–water partition coefficient (Wildman–Crippen LogP) is 0.170. The Hall–Kier alpha value is -2.46. The summed E-state index contributed by atoms with van der Waals surface area (Å²) in [4.78, 5) is 36.8. The Morgan fingerprint density at radius 1 is 1.30 bits per heavy atom. The summed E-state index contributed by atoms with van der Waals surface area (Å²) in [5.74, 6) is -1.61. The molecule has 2 aromatic rings. The van der Waals surface area contributed by atoms with E-state index in [-0.39, 0.29) is 25.6 Å². The molecule has 2 aromatic heterocycles. The molecular formula is C13H15N3O6S. The number of rotatable bonds is 7. The van der Waals surface area contributed by atoms with Gasteiger partial charge in [0.25, 0.3) is 5.89 Å². The lowest BCUT2D eigenvalue weighted by atomic mass is 10.5. The van der Waals surface area contributed by atoms with Crippen LogP contribution in [-0.2, 0) is 25.7 Å². The Morgan fingerprint density at radius 3 is 2.48 bits per heavy atom. The average Bonchev–Trinajstić information content (AvgIpc) is 3.17. The highest BCUT2D eigenvalue weighted by Crippen LogP contribution is 2.21. The van der Waals surface area contributed by atoms with Crippen molar-refractivity contribution in [2.24, 2.45) is 0 Å². The molecule has 10 heteroatoms. The molecule has 0 aliphatic heterocycles. The molecule has 0 fully saturated rings. The Labute approximate surface area is 135 Å². The van der Waals surface area contributed by atoms with Crippen molar-refractivity contribution in [3.63, 3.8) is 0 Å². The van der Waals surface area contributed by atoms with Crippen LogP contribution in [0, 0.1) is 0 Å². The molecule has 0 aliphatic carbocycles. The van der Waals surface area contributed by atoms with Crippen molar-refractivity contribution in [1.82, 2.24) is 14.7 Å². The summed E-state index contributed by atoms with van der Waals surface area (Å²) < 4.78 is 15.2. The van der Waals surface area contributed by atoms with Crippen LogP contribution >= 0.6 is 11.3 Å². The molecule has 0 saturated carbocycles. The number of ether oxygens (including phenoxy) is 2. The van der Waals surface area contributed by atoms with Gasteiger partial charge in [-0.1, -0.05) is 6.07 Å². The predicted molar refractivity (Wildman–Crippen MR) is 79.7 cm³/mol.